The SMILES string of the molecule is Nc1ncc(-c2ccc3ccccc3c2)o1. The minimum atomic E-state index is 0.197. The molecule has 1 heterocycles. The van der Waals surface area contributed by atoms with Crippen LogP contribution in [0.15, 0.2) is 53.1 Å². The molecule has 78 valence electrons. The van der Waals surface area contributed by atoms with E-state index in [0.29, 0.717) is 5.76 Å². The van der Waals surface area contributed by atoms with E-state index in [0.717, 1.165) is 5.56 Å². The van der Waals surface area contributed by atoms with Gasteiger partial charge in [0.2, 0.25) is 0 Å². The number of aromatic nitrogens is 1. The van der Waals surface area contributed by atoms with Crippen molar-refractivity contribution >= 4 is 16.8 Å². The lowest BCUT2D eigenvalue weighted by Gasteiger charge is -1.99. The fraction of sp³-hybridized carbons (Fsp3) is 0. The van der Waals surface area contributed by atoms with Gasteiger partial charge in [0.1, 0.15) is 0 Å². The van der Waals surface area contributed by atoms with Crippen molar-refractivity contribution in [3.05, 3.63) is 48.7 Å². The van der Waals surface area contributed by atoms with Crippen molar-refractivity contribution in [1.82, 2.24) is 4.98 Å². The maximum absolute atomic E-state index is 5.45. The minimum Gasteiger partial charge on any atom is -0.424 e. The molecule has 0 amide bonds. The van der Waals surface area contributed by atoms with Crippen LogP contribution in [0.3, 0.4) is 0 Å². The predicted octanol–water partition coefficient (Wildman–Crippen LogP) is 3.08. The lowest BCUT2D eigenvalue weighted by molar-refractivity contribution is 0.595. The molecule has 2 aromatic carbocycles. The van der Waals surface area contributed by atoms with Crippen molar-refractivity contribution in [3.63, 3.8) is 0 Å². The molecule has 0 aliphatic heterocycles. The molecule has 0 unspecified atom stereocenters. The summed E-state index contributed by atoms with van der Waals surface area (Å²) in [5.41, 5.74) is 6.44. The van der Waals surface area contributed by atoms with Crippen LogP contribution in [0.4, 0.5) is 6.01 Å². The monoisotopic (exact) mass is 210 g/mol. The third kappa shape index (κ3) is 1.42. The van der Waals surface area contributed by atoms with Crippen LogP contribution in [0.25, 0.3) is 22.1 Å². The van der Waals surface area contributed by atoms with E-state index < -0.39 is 0 Å². The number of benzene rings is 2. The molecule has 0 saturated heterocycles. The van der Waals surface area contributed by atoms with Crippen molar-refractivity contribution in [1.29, 1.82) is 0 Å². The van der Waals surface area contributed by atoms with E-state index >= 15 is 0 Å². The summed E-state index contributed by atoms with van der Waals surface area (Å²) in [4.78, 5) is 3.88. The zero-order chi connectivity index (χ0) is 11.0. The summed E-state index contributed by atoms with van der Waals surface area (Å²) in [6.07, 6.45) is 1.64. The van der Waals surface area contributed by atoms with Gasteiger partial charge in [-0.15, -0.1) is 0 Å². The van der Waals surface area contributed by atoms with E-state index in [4.69, 9.17) is 10.2 Å². The predicted molar refractivity (Wildman–Crippen MR) is 63.9 cm³/mol. The van der Waals surface area contributed by atoms with Crippen LogP contribution in [0.1, 0.15) is 0 Å². The molecular weight excluding hydrogens is 200 g/mol. The topological polar surface area (TPSA) is 52.0 Å². The van der Waals surface area contributed by atoms with Crippen molar-refractivity contribution in [2.45, 2.75) is 0 Å². The van der Waals surface area contributed by atoms with Crippen LogP contribution in [0, 0.1) is 0 Å². The molecule has 0 aliphatic rings. The Balaban J connectivity index is 2.18. The highest BCUT2D eigenvalue weighted by atomic mass is 16.4. The van der Waals surface area contributed by atoms with Gasteiger partial charge in [-0.05, 0) is 16.8 Å². The number of nitrogens with two attached hydrogens (primary N) is 1. The molecule has 3 rings (SSSR count). The Hall–Kier alpha value is -2.29. The maximum Gasteiger partial charge on any atom is 0.292 e. The molecule has 0 spiro atoms. The minimum absolute atomic E-state index is 0.197. The van der Waals surface area contributed by atoms with Gasteiger partial charge in [-0.25, -0.2) is 4.98 Å². The van der Waals surface area contributed by atoms with Crippen molar-refractivity contribution in [2.24, 2.45) is 0 Å². The van der Waals surface area contributed by atoms with E-state index in [2.05, 4.69) is 29.2 Å². The van der Waals surface area contributed by atoms with Crippen LogP contribution in [-0.2, 0) is 0 Å². The van der Waals surface area contributed by atoms with Crippen LogP contribution < -0.4 is 5.73 Å². The number of anilines is 1. The molecule has 0 bridgehead atoms. The molecule has 3 aromatic rings. The second-order valence-electron chi connectivity index (χ2n) is 3.62. The summed E-state index contributed by atoms with van der Waals surface area (Å²) in [6.45, 7) is 0. The zero-order valence-electron chi connectivity index (χ0n) is 8.55. The highest BCUT2D eigenvalue weighted by molar-refractivity contribution is 5.86. The highest BCUT2D eigenvalue weighted by Crippen LogP contribution is 2.25. The molecule has 0 aliphatic carbocycles. The third-order valence-corrected chi connectivity index (χ3v) is 2.56. The van der Waals surface area contributed by atoms with Gasteiger partial charge >= 0.3 is 0 Å². The van der Waals surface area contributed by atoms with Gasteiger partial charge in [0, 0.05) is 5.56 Å². The Morgan fingerprint density at radius 3 is 2.56 bits per heavy atom. The molecule has 2 N–H and O–H groups in total. The van der Waals surface area contributed by atoms with Gasteiger partial charge in [0.25, 0.3) is 6.01 Å². The first kappa shape index (κ1) is 8.97. The molecule has 3 heteroatoms. The second-order valence-corrected chi connectivity index (χ2v) is 3.62. The van der Waals surface area contributed by atoms with Gasteiger partial charge in [0.05, 0.1) is 6.20 Å². The lowest BCUT2D eigenvalue weighted by atomic mass is 10.1. The van der Waals surface area contributed by atoms with Crippen LogP contribution in [-0.4, -0.2) is 4.98 Å². The van der Waals surface area contributed by atoms with Gasteiger partial charge in [0.15, 0.2) is 5.76 Å². The van der Waals surface area contributed by atoms with E-state index in [9.17, 15) is 0 Å². The molecule has 3 nitrogen and oxygen atoms in total. The third-order valence-electron chi connectivity index (χ3n) is 2.56. The summed E-state index contributed by atoms with van der Waals surface area (Å²) in [7, 11) is 0. The largest absolute Gasteiger partial charge is 0.424 e. The van der Waals surface area contributed by atoms with Crippen molar-refractivity contribution < 1.29 is 4.42 Å². The Morgan fingerprint density at radius 1 is 1.00 bits per heavy atom. The summed E-state index contributed by atoms with van der Waals surface area (Å²) in [5, 5.41) is 2.38. The fourth-order valence-electron chi connectivity index (χ4n) is 1.76. The quantitative estimate of drug-likeness (QED) is 0.671. The van der Waals surface area contributed by atoms with Gasteiger partial charge in [-0.1, -0.05) is 36.4 Å². The standard InChI is InChI=1S/C13H10N2O/c14-13-15-8-12(16-13)11-6-5-9-3-1-2-4-10(9)7-11/h1-8H,(H2,14,15). The molecule has 16 heavy (non-hydrogen) atoms. The second kappa shape index (κ2) is 3.38. The number of hydrogen-bond donors (Lipinski definition) is 1. The molecule has 1 aromatic heterocycles. The van der Waals surface area contributed by atoms with Gasteiger partial charge in [-0.2, -0.15) is 0 Å². The van der Waals surface area contributed by atoms with Gasteiger partial charge < -0.3 is 10.2 Å². The number of oxazole rings is 1. The summed E-state index contributed by atoms with van der Waals surface area (Å²) >= 11 is 0. The highest BCUT2D eigenvalue weighted by Gasteiger charge is 2.04. The fourth-order valence-corrected chi connectivity index (χ4v) is 1.76. The molecule has 0 atom stereocenters. The van der Waals surface area contributed by atoms with Gasteiger partial charge in [-0.3, -0.25) is 0 Å². The number of nitrogens with zero attached hydrogens (tertiary/aromatic N) is 1. The molecule has 0 radical (unpaired) electrons. The average molecular weight is 210 g/mol. The Bertz CT molecular complexity index is 643. The molecule has 0 saturated carbocycles. The number of fused-ring (bicyclic) bond motifs is 1. The summed E-state index contributed by atoms with van der Waals surface area (Å²) < 4.78 is 5.29. The summed E-state index contributed by atoms with van der Waals surface area (Å²) in [6, 6.07) is 14.5. The maximum atomic E-state index is 5.45. The van der Waals surface area contributed by atoms with Crippen molar-refractivity contribution in [3.8, 4) is 11.3 Å². The number of hydrogen-bond acceptors (Lipinski definition) is 3. The molecular formula is C13H10N2O. The van der Waals surface area contributed by atoms with E-state index in [1.165, 1.54) is 10.8 Å². The van der Waals surface area contributed by atoms with Crippen LogP contribution >= 0.6 is 0 Å². The Kier molecular flexibility index (Phi) is 1.90. The van der Waals surface area contributed by atoms with Crippen LogP contribution in [0.5, 0.6) is 0 Å². The number of rotatable bonds is 1. The molecule has 0 fully saturated rings. The first-order valence-electron chi connectivity index (χ1n) is 5.03. The average Bonchev–Trinajstić information content (AvgIpc) is 2.75. The normalized spacial score (nSPS) is 10.8. The lowest BCUT2D eigenvalue weighted by Crippen LogP contribution is -1.80. The van der Waals surface area contributed by atoms with E-state index in [1.54, 1.807) is 6.20 Å². The van der Waals surface area contributed by atoms with Crippen molar-refractivity contribution in [2.75, 3.05) is 5.73 Å². The Morgan fingerprint density at radius 2 is 1.81 bits per heavy atom. The zero-order valence-corrected chi connectivity index (χ0v) is 8.55. The summed E-state index contributed by atoms with van der Waals surface area (Å²) in [5.74, 6) is 0.697. The Labute approximate surface area is 92.5 Å². The van der Waals surface area contributed by atoms with E-state index in [-0.39, 0.29) is 6.01 Å². The number of nitrogen functional groups attached to an aromatic ring is 1. The smallest absolute Gasteiger partial charge is 0.292 e. The first-order chi connectivity index (χ1) is 7.83. The van der Waals surface area contributed by atoms with Crippen LogP contribution in [0.2, 0.25) is 0 Å². The first-order valence-corrected chi connectivity index (χ1v) is 5.03. The van der Waals surface area contributed by atoms with E-state index in [1.807, 2.05) is 18.2 Å².